The molecule has 0 saturated heterocycles. The Kier molecular flexibility index (Phi) is 10.5. The molecule has 10 heteroatoms. The zero-order valence-electron chi connectivity index (χ0n) is 26.9. The maximum atomic E-state index is 14.3. The van der Waals surface area contributed by atoms with Crippen LogP contribution in [0.2, 0.25) is 0 Å². The van der Waals surface area contributed by atoms with Crippen LogP contribution in [0.15, 0.2) is 90.5 Å². The standard InChI is InChI=1S/C37H36N2O7S/c1-22(2)45-33-19-25(18-32(43-5)36(33)46-23(3)4)17-29(34(37(41)42)27-13-16-30-31(20-27)39-47-38-30)35(40)26-11-14-28(15-12-26)44-21-24-9-7-6-8-10-24/h6-16,18-20,22-23H,17,21H2,1-5H3,(H,41,42)/b34-29+. The number of carboxylic acids is 1. The lowest BCUT2D eigenvalue weighted by Gasteiger charge is -2.21. The van der Waals surface area contributed by atoms with Crippen LogP contribution in [0.1, 0.15) is 54.7 Å². The van der Waals surface area contributed by atoms with Crippen LogP contribution in [0, 0.1) is 0 Å². The first-order valence-electron chi connectivity index (χ1n) is 15.2. The lowest BCUT2D eigenvalue weighted by atomic mass is 9.89. The van der Waals surface area contributed by atoms with Gasteiger partial charge in [0.1, 0.15) is 23.4 Å². The van der Waals surface area contributed by atoms with Crippen LogP contribution in [-0.4, -0.2) is 44.9 Å². The second-order valence-corrected chi connectivity index (χ2v) is 11.9. The Hall–Kier alpha value is -5.22. The van der Waals surface area contributed by atoms with Gasteiger partial charge in [-0.1, -0.05) is 36.4 Å². The number of carbonyl (C=O) groups is 2. The second kappa shape index (κ2) is 14.9. The molecule has 0 atom stereocenters. The first-order valence-corrected chi connectivity index (χ1v) is 15.9. The number of fused-ring (bicyclic) bond motifs is 1. The van der Waals surface area contributed by atoms with Gasteiger partial charge >= 0.3 is 5.97 Å². The van der Waals surface area contributed by atoms with E-state index in [2.05, 4.69) is 8.75 Å². The first kappa shape index (κ1) is 33.2. The molecular weight excluding hydrogens is 616 g/mol. The molecule has 0 aliphatic carbocycles. The largest absolute Gasteiger partial charge is 0.493 e. The highest BCUT2D eigenvalue weighted by atomic mass is 32.1. The van der Waals surface area contributed by atoms with Crippen LogP contribution in [0.25, 0.3) is 16.6 Å². The van der Waals surface area contributed by atoms with Gasteiger partial charge in [0, 0.05) is 17.6 Å². The predicted octanol–water partition coefficient (Wildman–Crippen LogP) is 7.82. The topological polar surface area (TPSA) is 117 Å². The molecule has 0 saturated carbocycles. The molecule has 0 fully saturated rings. The van der Waals surface area contributed by atoms with Crippen molar-refractivity contribution in [3.8, 4) is 23.0 Å². The molecule has 1 heterocycles. The number of nitrogens with zero attached hydrogens (tertiary/aromatic N) is 2. The van der Waals surface area contributed by atoms with Crippen LogP contribution in [0.3, 0.4) is 0 Å². The number of methoxy groups -OCH3 is 1. The third-order valence-electron chi connectivity index (χ3n) is 7.09. The number of hydrogen-bond acceptors (Lipinski definition) is 9. The zero-order chi connectivity index (χ0) is 33.5. The fourth-order valence-electron chi connectivity index (χ4n) is 5.05. The highest BCUT2D eigenvalue weighted by molar-refractivity contribution is 7.00. The molecule has 4 aromatic carbocycles. The molecule has 0 radical (unpaired) electrons. The van der Waals surface area contributed by atoms with Gasteiger partial charge < -0.3 is 24.1 Å². The van der Waals surface area contributed by atoms with Crippen LogP contribution in [0.4, 0.5) is 0 Å². The van der Waals surface area contributed by atoms with Crippen molar-refractivity contribution in [1.29, 1.82) is 0 Å². The van der Waals surface area contributed by atoms with Crippen LogP contribution in [0.5, 0.6) is 23.0 Å². The summed E-state index contributed by atoms with van der Waals surface area (Å²) < 4.78 is 32.3. The van der Waals surface area contributed by atoms with Gasteiger partial charge in [-0.2, -0.15) is 8.75 Å². The first-order chi connectivity index (χ1) is 22.6. The number of hydrogen-bond donors (Lipinski definition) is 1. The molecule has 5 rings (SSSR count). The average molecular weight is 653 g/mol. The molecular formula is C37H36N2O7S. The number of allylic oxidation sites excluding steroid dienone is 1. The number of benzene rings is 4. The number of aliphatic carboxylic acids is 1. The number of Topliss-reactive ketones (excluding diaryl/α,β-unsaturated/α-hetero) is 1. The maximum absolute atomic E-state index is 14.3. The number of carboxylic acid groups (broad SMARTS) is 1. The van der Waals surface area contributed by atoms with Gasteiger partial charge in [-0.3, -0.25) is 4.79 Å². The minimum absolute atomic E-state index is 0.0349. The third-order valence-corrected chi connectivity index (χ3v) is 7.65. The molecule has 47 heavy (non-hydrogen) atoms. The Bertz CT molecular complexity index is 1900. The fraction of sp³-hybridized carbons (Fsp3) is 0.243. The van der Waals surface area contributed by atoms with E-state index in [1.54, 1.807) is 54.6 Å². The van der Waals surface area contributed by atoms with Crippen LogP contribution in [-0.2, 0) is 17.8 Å². The Morgan fingerprint density at radius 3 is 2.09 bits per heavy atom. The van der Waals surface area contributed by atoms with Crippen molar-refractivity contribution < 1.29 is 33.6 Å². The van der Waals surface area contributed by atoms with Crippen molar-refractivity contribution in [3.05, 3.63) is 113 Å². The van der Waals surface area contributed by atoms with Crippen molar-refractivity contribution >= 4 is 40.1 Å². The molecule has 1 N–H and O–H groups in total. The van der Waals surface area contributed by atoms with Gasteiger partial charge in [0.2, 0.25) is 5.75 Å². The number of rotatable bonds is 14. The van der Waals surface area contributed by atoms with Crippen LogP contribution >= 0.6 is 11.7 Å². The van der Waals surface area contributed by atoms with E-state index in [0.717, 1.165) is 17.3 Å². The lowest BCUT2D eigenvalue weighted by molar-refractivity contribution is -0.130. The maximum Gasteiger partial charge on any atom is 0.336 e. The summed E-state index contributed by atoms with van der Waals surface area (Å²) in [5.41, 5.74) is 3.40. The summed E-state index contributed by atoms with van der Waals surface area (Å²) in [4.78, 5) is 27.3. The molecule has 0 aliphatic rings. The highest BCUT2D eigenvalue weighted by Crippen LogP contribution is 2.41. The van der Waals surface area contributed by atoms with E-state index in [0.29, 0.717) is 57.3 Å². The van der Waals surface area contributed by atoms with Crippen molar-refractivity contribution in [2.24, 2.45) is 0 Å². The van der Waals surface area contributed by atoms with E-state index >= 15 is 0 Å². The average Bonchev–Trinajstić information content (AvgIpc) is 3.52. The second-order valence-electron chi connectivity index (χ2n) is 11.4. The summed E-state index contributed by atoms with van der Waals surface area (Å²) in [6.07, 6.45) is -0.376. The molecule has 0 bridgehead atoms. The number of carbonyl (C=O) groups excluding carboxylic acids is 1. The van der Waals surface area contributed by atoms with E-state index in [1.807, 2.05) is 58.0 Å². The van der Waals surface area contributed by atoms with Crippen LogP contribution < -0.4 is 18.9 Å². The number of aromatic nitrogens is 2. The number of ether oxygens (including phenoxy) is 4. The third kappa shape index (κ3) is 8.14. The summed E-state index contributed by atoms with van der Waals surface area (Å²) in [7, 11) is 1.52. The molecule has 242 valence electrons. The molecule has 0 spiro atoms. The summed E-state index contributed by atoms with van der Waals surface area (Å²) in [5.74, 6) is 0.164. The predicted molar refractivity (Wildman–Crippen MR) is 182 cm³/mol. The van der Waals surface area contributed by atoms with E-state index in [1.165, 1.54) is 7.11 Å². The Morgan fingerprint density at radius 1 is 0.766 bits per heavy atom. The summed E-state index contributed by atoms with van der Waals surface area (Å²) in [6.45, 7) is 7.96. The smallest absolute Gasteiger partial charge is 0.336 e. The van der Waals surface area contributed by atoms with E-state index in [-0.39, 0.29) is 29.8 Å². The SMILES string of the molecule is COc1cc(C/C(C(=O)c2ccc(OCc3ccccc3)cc2)=C(\C(=O)O)c2ccc3nsnc3c2)cc(OC(C)C)c1OC(C)C. The number of ketones is 1. The minimum Gasteiger partial charge on any atom is -0.493 e. The van der Waals surface area contributed by atoms with E-state index in [4.69, 9.17) is 18.9 Å². The monoisotopic (exact) mass is 652 g/mol. The Balaban J connectivity index is 1.59. The highest BCUT2D eigenvalue weighted by Gasteiger charge is 2.26. The quantitative estimate of drug-likeness (QED) is 0.0946. The normalized spacial score (nSPS) is 11.8. The molecule has 1 aromatic heterocycles. The Morgan fingerprint density at radius 2 is 1.43 bits per heavy atom. The lowest BCUT2D eigenvalue weighted by Crippen LogP contribution is -2.15. The molecule has 0 aliphatic heterocycles. The molecule has 0 unspecified atom stereocenters. The summed E-state index contributed by atoms with van der Waals surface area (Å²) >= 11 is 1.03. The van der Waals surface area contributed by atoms with Gasteiger partial charge in [-0.15, -0.1) is 0 Å². The van der Waals surface area contributed by atoms with Crippen molar-refractivity contribution in [2.75, 3.05) is 7.11 Å². The summed E-state index contributed by atoms with van der Waals surface area (Å²) in [6, 6.07) is 24.9. The Labute approximate surface area is 277 Å². The van der Waals surface area contributed by atoms with Gasteiger partial charge in [0.15, 0.2) is 17.3 Å². The van der Waals surface area contributed by atoms with E-state index in [9.17, 15) is 14.7 Å². The fourth-order valence-corrected chi connectivity index (χ4v) is 5.56. The molecule has 0 amide bonds. The molecule has 9 nitrogen and oxygen atoms in total. The van der Waals surface area contributed by atoms with Gasteiger partial charge in [-0.05, 0) is 92.9 Å². The van der Waals surface area contributed by atoms with Crippen molar-refractivity contribution in [2.45, 2.75) is 52.9 Å². The van der Waals surface area contributed by atoms with Gasteiger partial charge in [0.25, 0.3) is 0 Å². The minimum atomic E-state index is -1.25. The zero-order valence-corrected chi connectivity index (χ0v) is 27.7. The van der Waals surface area contributed by atoms with Gasteiger partial charge in [0.05, 0.1) is 36.6 Å². The van der Waals surface area contributed by atoms with Crippen molar-refractivity contribution in [3.63, 3.8) is 0 Å². The summed E-state index contributed by atoms with van der Waals surface area (Å²) in [5, 5.41) is 10.6. The van der Waals surface area contributed by atoms with E-state index < -0.39 is 11.8 Å². The molecule has 5 aromatic rings. The van der Waals surface area contributed by atoms with Crippen molar-refractivity contribution in [1.82, 2.24) is 8.75 Å². The van der Waals surface area contributed by atoms with Gasteiger partial charge in [-0.25, -0.2) is 4.79 Å².